The van der Waals surface area contributed by atoms with Crippen molar-refractivity contribution in [2.24, 2.45) is 0 Å². The lowest BCUT2D eigenvalue weighted by Crippen LogP contribution is -2.32. The molecular weight excluding hydrogens is 318 g/mol. The third-order valence-corrected chi connectivity index (χ3v) is 5.71. The second-order valence-electron chi connectivity index (χ2n) is 5.40. The van der Waals surface area contributed by atoms with Crippen LogP contribution in [0.3, 0.4) is 0 Å². The summed E-state index contributed by atoms with van der Waals surface area (Å²) in [4.78, 5) is 10.7. The fourth-order valence-electron chi connectivity index (χ4n) is 2.59. The molecule has 1 N–H and O–H groups in total. The number of aliphatic carboxylic acids is 1. The zero-order chi connectivity index (χ0) is 16.9. The van der Waals surface area contributed by atoms with E-state index in [0.29, 0.717) is 18.7 Å². The summed E-state index contributed by atoms with van der Waals surface area (Å²) in [5.74, 6) is -0.820. The summed E-state index contributed by atoms with van der Waals surface area (Å²) in [7, 11) is -2.24. The molecule has 0 unspecified atom stereocenters. The molecule has 0 radical (unpaired) electrons. The van der Waals surface area contributed by atoms with Crippen LogP contribution in [-0.4, -0.2) is 44.0 Å². The molecule has 1 aromatic rings. The number of ether oxygens (including phenoxy) is 1. The lowest BCUT2D eigenvalue weighted by atomic mass is 10.2. The van der Waals surface area contributed by atoms with Gasteiger partial charge in [0.2, 0.25) is 10.0 Å². The SMILES string of the molecule is COc1ccc(C=CC(=O)O)cc1S(=O)(=O)N1CCCCCC1. The Labute approximate surface area is 136 Å². The molecule has 126 valence electrons. The summed E-state index contributed by atoms with van der Waals surface area (Å²) >= 11 is 0. The molecule has 1 aliphatic heterocycles. The molecule has 0 aliphatic carbocycles. The molecule has 0 saturated carbocycles. The average Bonchev–Trinajstić information content (AvgIpc) is 2.82. The largest absolute Gasteiger partial charge is 0.495 e. The minimum absolute atomic E-state index is 0.0782. The molecule has 0 amide bonds. The van der Waals surface area contributed by atoms with Gasteiger partial charge in [0.1, 0.15) is 10.6 Å². The number of carbonyl (C=O) groups is 1. The third kappa shape index (κ3) is 4.33. The van der Waals surface area contributed by atoms with Gasteiger partial charge in [-0.1, -0.05) is 18.9 Å². The van der Waals surface area contributed by atoms with Crippen molar-refractivity contribution in [3.63, 3.8) is 0 Å². The van der Waals surface area contributed by atoms with E-state index < -0.39 is 16.0 Å². The van der Waals surface area contributed by atoms with Crippen LogP contribution in [0.1, 0.15) is 31.2 Å². The fraction of sp³-hybridized carbons (Fsp3) is 0.438. The van der Waals surface area contributed by atoms with Crippen LogP contribution in [0.25, 0.3) is 6.08 Å². The first-order chi connectivity index (χ1) is 10.9. The molecule has 0 aromatic heterocycles. The van der Waals surface area contributed by atoms with Crippen LogP contribution < -0.4 is 4.74 Å². The monoisotopic (exact) mass is 339 g/mol. The van der Waals surface area contributed by atoms with Crippen LogP contribution in [0, 0.1) is 0 Å². The number of benzene rings is 1. The van der Waals surface area contributed by atoms with Crippen molar-refractivity contribution < 1.29 is 23.1 Å². The van der Waals surface area contributed by atoms with Gasteiger partial charge in [0.15, 0.2) is 0 Å². The maximum atomic E-state index is 12.9. The Morgan fingerprint density at radius 2 is 1.87 bits per heavy atom. The second-order valence-corrected chi connectivity index (χ2v) is 7.31. The number of sulfonamides is 1. The van der Waals surface area contributed by atoms with E-state index in [2.05, 4.69) is 0 Å². The van der Waals surface area contributed by atoms with Crippen LogP contribution in [0.15, 0.2) is 29.2 Å². The number of rotatable bonds is 5. The van der Waals surface area contributed by atoms with Crippen LogP contribution in [0.5, 0.6) is 5.75 Å². The Bertz CT molecular complexity index is 688. The van der Waals surface area contributed by atoms with E-state index >= 15 is 0 Å². The fourth-order valence-corrected chi connectivity index (χ4v) is 4.29. The smallest absolute Gasteiger partial charge is 0.328 e. The number of hydrogen-bond donors (Lipinski definition) is 1. The Balaban J connectivity index is 2.41. The molecule has 0 spiro atoms. The van der Waals surface area contributed by atoms with Gasteiger partial charge in [-0.2, -0.15) is 4.31 Å². The highest BCUT2D eigenvalue weighted by molar-refractivity contribution is 7.89. The van der Waals surface area contributed by atoms with Crippen molar-refractivity contribution in [3.8, 4) is 5.75 Å². The van der Waals surface area contributed by atoms with E-state index in [1.807, 2.05) is 0 Å². The summed E-state index contributed by atoms with van der Waals surface area (Å²) in [6, 6.07) is 4.63. The summed E-state index contributed by atoms with van der Waals surface area (Å²) in [5.41, 5.74) is 0.501. The number of nitrogens with zero attached hydrogens (tertiary/aromatic N) is 1. The average molecular weight is 339 g/mol. The van der Waals surface area contributed by atoms with Gasteiger partial charge in [0.05, 0.1) is 7.11 Å². The standard InChI is InChI=1S/C16H21NO5S/c1-22-14-8-6-13(7-9-16(18)19)12-15(14)23(20,21)17-10-4-2-3-5-11-17/h6-9,12H,2-5,10-11H2,1H3,(H,18,19). The maximum absolute atomic E-state index is 12.9. The Hall–Kier alpha value is -1.86. The molecule has 1 heterocycles. The maximum Gasteiger partial charge on any atom is 0.328 e. The van der Waals surface area contributed by atoms with Gasteiger partial charge in [-0.15, -0.1) is 0 Å². The minimum atomic E-state index is -3.66. The minimum Gasteiger partial charge on any atom is -0.495 e. The van der Waals surface area contributed by atoms with Crippen LogP contribution in [0.4, 0.5) is 0 Å². The van der Waals surface area contributed by atoms with E-state index in [0.717, 1.165) is 31.8 Å². The number of carboxylic acid groups (broad SMARTS) is 1. The first kappa shape index (κ1) is 17.5. The third-order valence-electron chi connectivity index (χ3n) is 3.79. The lowest BCUT2D eigenvalue weighted by molar-refractivity contribution is -0.131. The van der Waals surface area contributed by atoms with Crippen molar-refractivity contribution >= 4 is 22.1 Å². The topological polar surface area (TPSA) is 83.9 Å². The highest BCUT2D eigenvalue weighted by Crippen LogP contribution is 2.29. The summed E-state index contributed by atoms with van der Waals surface area (Å²) in [6.45, 7) is 1.00. The highest BCUT2D eigenvalue weighted by atomic mass is 32.2. The predicted molar refractivity (Wildman–Crippen MR) is 86.9 cm³/mol. The second kappa shape index (κ2) is 7.61. The Kier molecular flexibility index (Phi) is 5.79. The van der Waals surface area contributed by atoms with Gasteiger partial charge in [0, 0.05) is 19.2 Å². The van der Waals surface area contributed by atoms with Gasteiger partial charge in [-0.05, 0) is 36.6 Å². The number of carboxylic acids is 1. The van der Waals surface area contributed by atoms with Gasteiger partial charge in [0.25, 0.3) is 0 Å². The normalized spacial score (nSPS) is 17.1. The molecular formula is C16H21NO5S. The molecule has 1 aliphatic rings. The zero-order valence-corrected chi connectivity index (χ0v) is 13.9. The van der Waals surface area contributed by atoms with E-state index in [9.17, 15) is 13.2 Å². The molecule has 1 aromatic carbocycles. The molecule has 1 saturated heterocycles. The van der Waals surface area contributed by atoms with Crippen molar-refractivity contribution in [2.75, 3.05) is 20.2 Å². The highest BCUT2D eigenvalue weighted by Gasteiger charge is 2.28. The summed E-state index contributed by atoms with van der Waals surface area (Å²) < 4.78 is 32.5. The summed E-state index contributed by atoms with van der Waals surface area (Å²) in [6.07, 6.45) is 6.10. The summed E-state index contributed by atoms with van der Waals surface area (Å²) in [5, 5.41) is 8.70. The molecule has 7 heteroatoms. The molecule has 1 fully saturated rings. The van der Waals surface area contributed by atoms with Crippen LogP contribution in [-0.2, 0) is 14.8 Å². The quantitative estimate of drug-likeness (QED) is 0.833. The first-order valence-electron chi connectivity index (χ1n) is 7.54. The van der Waals surface area contributed by atoms with Crippen molar-refractivity contribution in [1.82, 2.24) is 4.31 Å². The van der Waals surface area contributed by atoms with Gasteiger partial charge < -0.3 is 9.84 Å². The molecule has 0 bridgehead atoms. The van der Waals surface area contributed by atoms with Gasteiger partial charge in [-0.25, -0.2) is 13.2 Å². The van der Waals surface area contributed by atoms with Crippen LogP contribution >= 0.6 is 0 Å². The van der Waals surface area contributed by atoms with E-state index in [-0.39, 0.29) is 10.6 Å². The molecule has 2 rings (SSSR count). The van der Waals surface area contributed by atoms with Crippen molar-refractivity contribution in [3.05, 3.63) is 29.8 Å². The molecule has 23 heavy (non-hydrogen) atoms. The lowest BCUT2D eigenvalue weighted by Gasteiger charge is -2.21. The number of hydrogen-bond acceptors (Lipinski definition) is 4. The molecule has 0 atom stereocenters. The van der Waals surface area contributed by atoms with E-state index in [4.69, 9.17) is 9.84 Å². The Morgan fingerprint density at radius 3 is 2.43 bits per heavy atom. The first-order valence-corrected chi connectivity index (χ1v) is 8.98. The van der Waals surface area contributed by atoms with Crippen molar-refractivity contribution in [2.45, 2.75) is 30.6 Å². The Morgan fingerprint density at radius 1 is 1.22 bits per heavy atom. The van der Waals surface area contributed by atoms with E-state index in [1.165, 1.54) is 23.6 Å². The predicted octanol–water partition coefficient (Wildman–Crippen LogP) is 2.36. The van der Waals surface area contributed by atoms with Gasteiger partial charge in [-0.3, -0.25) is 0 Å². The van der Waals surface area contributed by atoms with Crippen LogP contribution in [0.2, 0.25) is 0 Å². The zero-order valence-electron chi connectivity index (χ0n) is 13.1. The molecule has 6 nitrogen and oxygen atoms in total. The van der Waals surface area contributed by atoms with Crippen molar-refractivity contribution in [1.29, 1.82) is 0 Å². The van der Waals surface area contributed by atoms with Gasteiger partial charge >= 0.3 is 5.97 Å². The van der Waals surface area contributed by atoms with E-state index in [1.54, 1.807) is 12.1 Å². The number of methoxy groups -OCH3 is 1.